The quantitative estimate of drug-likeness (QED) is 0.526. The van der Waals surface area contributed by atoms with Crippen molar-refractivity contribution in [1.82, 2.24) is 0 Å². The van der Waals surface area contributed by atoms with E-state index in [4.69, 9.17) is 10.5 Å². The normalized spacial score (nSPS) is 12.2. The Kier molecular flexibility index (Phi) is 6.02. The number of esters is 1. The van der Waals surface area contributed by atoms with Gasteiger partial charge in [0, 0.05) is 5.70 Å². The molecule has 3 nitrogen and oxygen atoms in total. The Balaban J connectivity index is 4.15. The summed E-state index contributed by atoms with van der Waals surface area (Å²) in [5.41, 5.74) is 6.92. The monoisotopic (exact) mass is 185 g/mol. The predicted molar refractivity (Wildman–Crippen MR) is 53.0 cm³/mol. The van der Waals surface area contributed by atoms with Gasteiger partial charge in [0.15, 0.2) is 0 Å². The van der Waals surface area contributed by atoms with Gasteiger partial charge in [-0.2, -0.15) is 0 Å². The SMILES string of the molecule is CCCC/C(N)=C(/C)C(=O)OCC. The van der Waals surface area contributed by atoms with Crippen molar-refractivity contribution in [2.24, 2.45) is 5.73 Å². The summed E-state index contributed by atoms with van der Waals surface area (Å²) in [6.45, 7) is 5.99. The molecule has 0 bridgehead atoms. The van der Waals surface area contributed by atoms with Crippen molar-refractivity contribution < 1.29 is 9.53 Å². The fraction of sp³-hybridized carbons (Fsp3) is 0.700. The topological polar surface area (TPSA) is 52.3 Å². The molecule has 0 saturated heterocycles. The minimum Gasteiger partial charge on any atom is -0.463 e. The van der Waals surface area contributed by atoms with Crippen LogP contribution < -0.4 is 5.73 Å². The molecule has 0 aromatic carbocycles. The van der Waals surface area contributed by atoms with Crippen LogP contribution >= 0.6 is 0 Å². The zero-order chi connectivity index (χ0) is 10.3. The van der Waals surface area contributed by atoms with Crippen molar-refractivity contribution in [2.45, 2.75) is 40.0 Å². The third kappa shape index (κ3) is 4.55. The van der Waals surface area contributed by atoms with E-state index in [-0.39, 0.29) is 5.97 Å². The molecule has 0 aromatic heterocycles. The van der Waals surface area contributed by atoms with Crippen LogP contribution in [0.3, 0.4) is 0 Å². The maximum Gasteiger partial charge on any atom is 0.335 e. The number of nitrogens with two attached hydrogens (primary N) is 1. The molecule has 0 aromatic rings. The summed E-state index contributed by atoms with van der Waals surface area (Å²) in [5.74, 6) is -0.295. The van der Waals surface area contributed by atoms with Crippen LogP contribution in [0.2, 0.25) is 0 Å². The first-order valence-electron chi connectivity index (χ1n) is 4.75. The van der Waals surface area contributed by atoms with Crippen molar-refractivity contribution in [1.29, 1.82) is 0 Å². The average molecular weight is 185 g/mol. The van der Waals surface area contributed by atoms with Crippen molar-refractivity contribution in [3.05, 3.63) is 11.3 Å². The molecule has 3 heteroatoms. The predicted octanol–water partition coefficient (Wildman–Crippen LogP) is 1.97. The minimum atomic E-state index is -0.295. The lowest BCUT2D eigenvalue weighted by Gasteiger charge is -2.06. The van der Waals surface area contributed by atoms with Crippen molar-refractivity contribution in [2.75, 3.05) is 6.61 Å². The van der Waals surface area contributed by atoms with Crippen LogP contribution in [-0.2, 0) is 9.53 Å². The van der Waals surface area contributed by atoms with Gasteiger partial charge in [0.2, 0.25) is 0 Å². The summed E-state index contributed by atoms with van der Waals surface area (Å²) in [5, 5.41) is 0. The van der Waals surface area contributed by atoms with Crippen molar-refractivity contribution >= 4 is 5.97 Å². The fourth-order valence-electron chi connectivity index (χ4n) is 0.925. The third-order valence-corrected chi connectivity index (χ3v) is 1.86. The highest BCUT2D eigenvalue weighted by Crippen LogP contribution is 2.08. The van der Waals surface area contributed by atoms with Crippen LogP contribution in [0.5, 0.6) is 0 Å². The second kappa shape index (κ2) is 6.52. The van der Waals surface area contributed by atoms with E-state index in [1.54, 1.807) is 13.8 Å². The molecular formula is C10H19NO2. The second-order valence-corrected chi connectivity index (χ2v) is 2.97. The van der Waals surface area contributed by atoms with E-state index in [0.717, 1.165) is 19.3 Å². The van der Waals surface area contributed by atoms with Gasteiger partial charge in [0.05, 0.1) is 12.2 Å². The summed E-state index contributed by atoms with van der Waals surface area (Å²) in [4.78, 5) is 11.2. The molecule has 0 spiro atoms. The number of ether oxygens (including phenoxy) is 1. The Labute approximate surface area is 79.9 Å². The van der Waals surface area contributed by atoms with Crippen LogP contribution in [0.15, 0.2) is 11.3 Å². The van der Waals surface area contributed by atoms with Gasteiger partial charge in [-0.25, -0.2) is 4.79 Å². The molecule has 0 atom stereocenters. The van der Waals surface area contributed by atoms with Gasteiger partial charge in [-0.15, -0.1) is 0 Å². The zero-order valence-electron chi connectivity index (χ0n) is 8.72. The summed E-state index contributed by atoms with van der Waals surface area (Å²) in [6.07, 6.45) is 2.88. The molecule has 76 valence electrons. The van der Waals surface area contributed by atoms with Gasteiger partial charge in [-0.1, -0.05) is 13.3 Å². The summed E-state index contributed by atoms with van der Waals surface area (Å²) in [6, 6.07) is 0. The molecule has 0 heterocycles. The molecule has 2 N–H and O–H groups in total. The minimum absolute atomic E-state index is 0.295. The highest BCUT2D eigenvalue weighted by Gasteiger charge is 2.08. The molecule has 13 heavy (non-hydrogen) atoms. The molecule has 0 fully saturated rings. The number of carbonyl (C=O) groups excluding carboxylic acids is 1. The zero-order valence-corrected chi connectivity index (χ0v) is 8.72. The number of hydrogen-bond donors (Lipinski definition) is 1. The maximum atomic E-state index is 11.2. The van der Waals surface area contributed by atoms with Crippen LogP contribution in [0, 0.1) is 0 Å². The molecule has 0 unspecified atom stereocenters. The van der Waals surface area contributed by atoms with Crippen LogP contribution in [-0.4, -0.2) is 12.6 Å². The number of rotatable bonds is 5. The highest BCUT2D eigenvalue weighted by molar-refractivity contribution is 5.88. The van der Waals surface area contributed by atoms with E-state index in [1.807, 2.05) is 0 Å². The number of hydrogen-bond acceptors (Lipinski definition) is 3. The van der Waals surface area contributed by atoms with E-state index in [2.05, 4.69) is 6.92 Å². The van der Waals surface area contributed by atoms with Gasteiger partial charge in [0.25, 0.3) is 0 Å². The van der Waals surface area contributed by atoms with Crippen molar-refractivity contribution in [3.8, 4) is 0 Å². The van der Waals surface area contributed by atoms with E-state index in [1.165, 1.54) is 0 Å². The number of allylic oxidation sites excluding steroid dienone is 1. The van der Waals surface area contributed by atoms with Crippen LogP contribution in [0.1, 0.15) is 40.0 Å². The van der Waals surface area contributed by atoms with Crippen LogP contribution in [0.25, 0.3) is 0 Å². The Bertz CT molecular complexity index is 197. The number of unbranched alkanes of at least 4 members (excludes halogenated alkanes) is 1. The lowest BCUT2D eigenvalue weighted by Crippen LogP contribution is -2.12. The molecule has 0 radical (unpaired) electrons. The van der Waals surface area contributed by atoms with E-state index < -0.39 is 0 Å². The Morgan fingerprint density at radius 3 is 2.46 bits per heavy atom. The lowest BCUT2D eigenvalue weighted by atomic mass is 10.1. The molecule has 0 aliphatic carbocycles. The Hall–Kier alpha value is -0.990. The summed E-state index contributed by atoms with van der Waals surface area (Å²) in [7, 11) is 0. The summed E-state index contributed by atoms with van der Waals surface area (Å²) >= 11 is 0. The first kappa shape index (κ1) is 12.0. The smallest absolute Gasteiger partial charge is 0.335 e. The largest absolute Gasteiger partial charge is 0.463 e. The van der Waals surface area contributed by atoms with Gasteiger partial charge in [-0.05, 0) is 26.7 Å². The molecule has 0 amide bonds. The lowest BCUT2D eigenvalue weighted by molar-refractivity contribution is -0.138. The van der Waals surface area contributed by atoms with E-state index in [9.17, 15) is 4.79 Å². The van der Waals surface area contributed by atoms with Gasteiger partial charge in [-0.3, -0.25) is 0 Å². The molecule has 0 rings (SSSR count). The molecular weight excluding hydrogens is 166 g/mol. The van der Waals surface area contributed by atoms with Crippen LogP contribution in [0.4, 0.5) is 0 Å². The molecule has 0 aliphatic rings. The molecule has 0 saturated carbocycles. The summed E-state index contributed by atoms with van der Waals surface area (Å²) < 4.78 is 4.83. The maximum absolute atomic E-state index is 11.2. The van der Waals surface area contributed by atoms with Gasteiger partial charge >= 0.3 is 5.97 Å². The van der Waals surface area contributed by atoms with Crippen molar-refractivity contribution in [3.63, 3.8) is 0 Å². The van der Waals surface area contributed by atoms with E-state index in [0.29, 0.717) is 17.9 Å². The second-order valence-electron chi connectivity index (χ2n) is 2.97. The molecule has 0 aliphatic heterocycles. The standard InChI is InChI=1S/C10H19NO2/c1-4-6-7-9(11)8(3)10(12)13-5-2/h4-7,11H2,1-3H3/b9-8+. The Morgan fingerprint density at radius 2 is 2.00 bits per heavy atom. The third-order valence-electron chi connectivity index (χ3n) is 1.86. The first-order valence-corrected chi connectivity index (χ1v) is 4.75. The highest BCUT2D eigenvalue weighted by atomic mass is 16.5. The van der Waals surface area contributed by atoms with Gasteiger partial charge < -0.3 is 10.5 Å². The first-order chi connectivity index (χ1) is 6.13. The average Bonchev–Trinajstić information content (AvgIpc) is 2.13. The van der Waals surface area contributed by atoms with E-state index >= 15 is 0 Å². The van der Waals surface area contributed by atoms with Gasteiger partial charge in [0.1, 0.15) is 0 Å². The Morgan fingerprint density at radius 1 is 1.38 bits per heavy atom. The number of carbonyl (C=O) groups is 1. The fourth-order valence-corrected chi connectivity index (χ4v) is 0.925.